The molecule has 4 rings (SSSR count). The molecule has 0 saturated heterocycles. The summed E-state index contributed by atoms with van der Waals surface area (Å²) in [6.07, 6.45) is 5.29. The Bertz CT molecular complexity index is 970. The summed E-state index contributed by atoms with van der Waals surface area (Å²) in [5.74, 6) is 0.0350. The largest absolute Gasteiger partial charge is 0.289 e. The van der Waals surface area contributed by atoms with E-state index in [1.165, 1.54) is 23.7 Å². The SMILES string of the molecule is CSC1=NSC2=CC(=O)C(=Cc3cccc4ccccc34)C(=N)N21. The number of thioether (sulfide) groups is 1. The highest BCUT2D eigenvalue weighted by atomic mass is 32.2. The zero-order valence-corrected chi connectivity index (χ0v) is 14.4. The summed E-state index contributed by atoms with van der Waals surface area (Å²) in [4.78, 5) is 14.2. The van der Waals surface area contributed by atoms with Crippen LogP contribution in [-0.2, 0) is 4.79 Å². The lowest BCUT2D eigenvalue weighted by atomic mass is 9.99. The summed E-state index contributed by atoms with van der Waals surface area (Å²) in [5.41, 5.74) is 1.33. The molecule has 0 spiro atoms. The Hall–Kier alpha value is -2.31. The molecular formula is C18H13N3OS2. The first-order chi connectivity index (χ1) is 11.7. The van der Waals surface area contributed by atoms with Crippen LogP contribution < -0.4 is 0 Å². The van der Waals surface area contributed by atoms with Crippen molar-refractivity contribution in [1.82, 2.24) is 4.90 Å². The van der Waals surface area contributed by atoms with E-state index in [-0.39, 0.29) is 11.6 Å². The molecule has 0 bridgehead atoms. The van der Waals surface area contributed by atoms with E-state index in [4.69, 9.17) is 5.41 Å². The number of amidine groups is 2. The number of nitrogens with one attached hydrogen (secondary N) is 1. The molecule has 0 atom stereocenters. The van der Waals surface area contributed by atoms with Crippen molar-refractivity contribution in [2.75, 3.05) is 6.26 Å². The highest BCUT2D eigenvalue weighted by Gasteiger charge is 2.35. The number of fused-ring (bicyclic) bond motifs is 2. The minimum absolute atomic E-state index is 0.149. The van der Waals surface area contributed by atoms with E-state index in [9.17, 15) is 4.79 Å². The number of nitrogens with zero attached hydrogens (tertiary/aromatic N) is 2. The second-order valence-electron chi connectivity index (χ2n) is 5.33. The van der Waals surface area contributed by atoms with Crippen molar-refractivity contribution >= 4 is 57.3 Å². The standard InChI is InChI=1S/C18H13N3OS2/c1-23-18-20-24-16-10-15(22)14(17(19)21(16)18)9-12-7-4-6-11-5-2-3-8-13(11)12/h2-10,19H,1H3. The minimum Gasteiger partial charge on any atom is -0.289 e. The number of carbonyl (C=O) groups is 1. The maximum atomic E-state index is 12.5. The molecule has 2 aliphatic rings. The van der Waals surface area contributed by atoms with Gasteiger partial charge < -0.3 is 0 Å². The molecule has 0 amide bonds. The number of rotatable bonds is 1. The number of allylic oxidation sites excluding steroid dienone is 1. The van der Waals surface area contributed by atoms with E-state index in [1.807, 2.05) is 48.7 Å². The quantitative estimate of drug-likeness (QED) is 0.614. The average Bonchev–Trinajstić information content (AvgIpc) is 3.01. The molecule has 2 aromatic carbocycles. The van der Waals surface area contributed by atoms with Crippen molar-refractivity contribution < 1.29 is 4.79 Å². The van der Waals surface area contributed by atoms with Crippen molar-refractivity contribution in [2.24, 2.45) is 4.40 Å². The third-order valence-corrected chi connectivity index (χ3v) is 5.44. The summed E-state index contributed by atoms with van der Waals surface area (Å²) in [5, 5.41) is 12.1. The summed E-state index contributed by atoms with van der Waals surface area (Å²) in [6, 6.07) is 14.0. The van der Waals surface area contributed by atoms with Crippen LogP contribution in [0.3, 0.4) is 0 Å². The Labute approximate surface area is 148 Å². The van der Waals surface area contributed by atoms with Crippen LogP contribution in [0.15, 0.2) is 63.5 Å². The summed E-state index contributed by atoms with van der Waals surface area (Å²) < 4.78 is 4.31. The van der Waals surface area contributed by atoms with Gasteiger partial charge in [-0.25, -0.2) is 0 Å². The van der Waals surface area contributed by atoms with E-state index in [0.29, 0.717) is 10.6 Å². The van der Waals surface area contributed by atoms with Crippen LogP contribution in [0.4, 0.5) is 0 Å². The fourth-order valence-electron chi connectivity index (χ4n) is 2.79. The third kappa shape index (κ3) is 2.39. The molecule has 118 valence electrons. The van der Waals surface area contributed by atoms with Crippen LogP contribution in [-0.4, -0.2) is 27.9 Å². The van der Waals surface area contributed by atoms with E-state index >= 15 is 0 Å². The zero-order chi connectivity index (χ0) is 16.7. The number of hydrogen-bond donors (Lipinski definition) is 1. The Morgan fingerprint density at radius 1 is 1.21 bits per heavy atom. The first-order valence-electron chi connectivity index (χ1n) is 7.32. The molecule has 2 aromatic rings. The lowest BCUT2D eigenvalue weighted by Crippen LogP contribution is -2.36. The Kier molecular flexibility index (Phi) is 3.78. The highest BCUT2D eigenvalue weighted by molar-refractivity contribution is 8.15. The van der Waals surface area contributed by atoms with E-state index < -0.39 is 0 Å². The first kappa shape index (κ1) is 15.2. The van der Waals surface area contributed by atoms with E-state index in [0.717, 1.165) is 21.5 Å². The Balaban J connectivity index is 1.84. The Morgan fingerprint density at radius 2 is 2.00 bits per heavy atom. The van der Waals surface area contributed by atoms with Crippen LogP contribution in [0, 0.1) is 5.41 Å². The van der Waals surface area contributed by atoms with Gasteiger partial charge in [-0.1, -0.05) is 54.2 Å². The summed E-state index contributed by atoms with van der Waals surface area (Å²) in [6.45, 7) is 0. The van der Waals surface area contributed by atoms with Crippen molar-refractivity contribution in [3.63, 3.8) is 0 Å². The molecule has 1 N–H and O–H groups in total. The minimum atomic E-state index is -0.149. The second kappa shape index (κ2) is 5.96. The predicted octanol–water partition coefficient (Wildman–Crippen LogP) is 4.31. The third-order valence-electron chi connectivity index (χ3n) is 3.93. The van der Waals surface area contributed by atoms with Gasteiger partial charge in [-0.05, 0) is 28.7 Å². The molecular weight excluding hydrogens is 338 g/mol. The van der Waals surface area contributed by atoms with Gasteiger partial charge in [0, 0.05) is 18.0 Å². The number of hydrogen-bond acceptors (Lipinski definition) is 5. The van der Waals surface area contributed by atoms with Crippen LogP contribution in [0.2, 0.25) is 0 Å². The molecule has 6 heteroatoms. The van der Waals surface area contributed by atoms with Gasteiger partial charge in [0.25, 0.3) is 0 Å². The van der Waals surface area contributed by atoms with Gasteiger partial charge in [-0.3, -0.25) is 15.1 Å². The highest BCUT2D eigenvalue weighted by Crippen LogP contribution is 2.37. The summed E-state index contributed by atoms with van der Waals surface area (Å²) >= 11 is 2.71. The monoisotopic (exact) mass is 351 g/mol. The van der Waals surface area contributed by atoms with Crippen LogP contribution in [0.1, 0.15) is 5.56 Å². The van der Waals surface area contributed by atoms with Gasteiger partial charge >= 0.3 is 0 Å². The van der Waals surface area contributed by atoms with Crippen molar-refractivity contribution in [3.8, 4) is 0 Å². The molecule has 0 radical (unpaired) electrons. The fourth-order valence-corrected chi connectivity index (χ4v) is 4.30. The van der Waals surface area contributed by atoms with E-state index in [2.05, 4.69) is 4.40 Å². The molecule has 0 aliphatic carbocycles. The van der Waals surface area contributed by atoms with Gasteiger partial charge in [0.05, 0.1) is 5.57 Å². The molecule has 0 saturated carbocycles. The molecule has 4 nitrogen and oxygen atoms in total. The second-order valence-corrected chi connectivity index (χ2v) is 6.88. The molecule has 24 heavy (non-hydrogen) atoms. The van der Waals surface area contributed by atoms with Gasteiger partial charge in [0.1, 0.15) is 10.9 Å². The lowest BCUT2D eigenvalue weighted by Gasteiger charge is -2.25. The summed E-state index contributed by atoms with van der Waals surface area (Å²) in [7, 11) is 0. The smallest absolute Gasteiger partial charge is 0.192 e. The van der Waals surface area contributed by atoms with Gasteiger partial charge in [-0.15, -0.1) is 0 Å². The number of ketones is 1. The predicted molar refractivity (Wildman–Crippen MR) is 103 cm³/mol. The number of benzene rings is 2. The van der Waals surface area contributed by atoms with Crippen molar-refractivity contribution in [2.45, 2.75) is 0 Å². The molecule has 0 aromatic heterocycles. The zero-order valence-electron chi connectivity index (χ0n) is 12.8. The first-order valence-corrected chi connectivity index (χ1v) is 9.32. The average molecular weight is 351 g/mol. The molecule has 2 aliphatic heterocycles. The van der Waals surface area contributed by atoms with Crippen LogP contribution in [0.5, 0.6) is 0 Å². The Morgan fingerprint density at radius 3 is 2.83 bits per heavy atom. The van der Waals surface area contributed by atoms with Crippen molar-refractivity contribution in [1.29, 1.82) is 5.41 Å². The van der Waals surface area contributed by atoms with Gasteiger partial charge in [0.15, 0.2) is 11.0 Å². The normalized spacial score (nSPS) is 18.9. The molecule has 0 unspecified atom stereocenters. The molecule has 2 heterocycles. The van der Waals surface area contributed by atoms with Crippen molar-refractivity contribution in [3.05, 3.63) is 64.7 Å². The van der Waals surface area contributed by atoms with E-state index in [1.54, 1.807) is 17.1 Å². The maximum Gasteiger partial charge on any atom is 0.192 e. The fraction of sp³-hybridized carbons (Fsp3) is 0.0556. The van der Waals surface area contributed by atoms with Crippen LogP contribution in [0.25, 0.3) is 16.8 Å². The topological polar surface area (TPSA) is 56.5 Å². The number of carbonyl (C=O) groups excluding carboxylic acids is 1. The lowest BCUT2D eigenvalue weighted by molar-refractivity contribution is -0.111. The van der Waals surface area contributed by atoms with Gasteiger partial charge in [0.2, 0.25) is 0 Å². The van der Waals surface area contributed by atoms with Crippen LogP contribution >= 0.6 is 23.7 Å². The molecule has 0 fully saturated rings. The van der Waals surface area contributed by atoms with Gasteiger partial charge in [-0.2, -0.15) is 4.40 Å². The maximum absolute atomic E-state index is 12.5.